The Morgan fingerprint density at radius 1 is 1.50 bits per heavy atom. The van der Waals surface area contributed by atoms with Crippen LogP contribution in [0.3, 0.4) is 0 Å². The third kappa shape index (κ3) is 5.57. The summed E-state index contributed by atoms with van der Waals surface area (Å²) in [5.41, 5.74) is 0. The predicted octanol–water partition coefficient (Wildman–Crippen LogP) is -3.37. The van der Waals surface area contributed by atoms with Gasteiger partial charge in [-0.05, 0) is 6.42 Å². The molecule has 64 valence electrons. The monoisotopic (exact) mass is 182 g/mol. The summed E-state index contributed by atoms with van der Waals surface area (Å²) >= 11 is 0. The molecule has 0 spiro atoms. The van der Waals surface area contributed by atoms with E-state index in [1.807, 2.05) is 6.92 Å². The van der Waals surface area contributed by atoms with Crippen molar-refractivity contribution in [2.45, 2.75) is 26.2 Å². The first-order chi connectivity index (χ1) is 5.09. The van der Waals surface area contributed by atoms with Crippen LogP contribution in [0.5, 0.6) is 0 Å². The summed E-state index contributed by atoms with van der Waals surface area (Å²) in [4.78, 5) is 20.4. The molecule has 1 N–H and O–H groups in total. The molecule has 1 atom stereocenters. The maximum absolute atomic E-state index is 10.2. The minimum Gasteiger partial charge on any atom is -0.549 e. The van der Waals surface area contributed by atoms with Gasteiger partial charge in [-0.2, -0.15) is 0 Å². The van der Waals surface area contributed by atoms with Crippen molar-refractivity contribution in [3.05, 3.63) is 0 Å². The zero-order chi connectivity index (χ0) is 8.85. The van der Waals surface area contributed by atoms with Gasteiger partial charge in [0, 0.05) is 0 Å². The summed E-state index contributed by atoms with van der Waals surface area (Å²) < 4.78 is 0. The van der Waals surface area contributed by atoms with Gasteiger partial charge in [0.05, 0.1) is 11.9 Å². The van der Waals surface area contributed by atoms with Crippen LogP contribution in [0.15, 0.2) is 0 Å². The first kappa shape index (κ1) is 14.5. The molecule has 0 radical (unpaired) electrons. The summed E-state index contributed by atoms with van der Waals surface area (Å²) in [6.07, 6.45) is 1.55. The fourth-order valence-corrected chi connectivity index (χ4v) is 0.750. The molecule has 0 bridgehead atoms. The molecular weight excluding hydrogens is 171 g/mol. The normalized spacial score (nSPS) is 11.4. The van der Waals surface area contributed by atoms with E-state index in [1.54, 1.807) is 0 Å². The van der Waals surface area contributed by atoms with Crippen molar-refractivity contribution in [2.75, 3.05) is 0 Å². The molecule has 1 unspecified atom stereocenters. The zero-order valence-electron chi connectivity index (χ0n) is 7.37. The van der Waals surface area contributed by atoms with E-state index in [1.165, 1.54) is 0 Å². The van der Waals surface area contributed by atoms with Gasteiger partial charge in [-0.25, -0.2) is 0 Å². The first-order valence-electron chi connectivity index (χ1n) is 3.53. The topological polar surface area (TPSA) is 77.4 Å². The molecular formula is C7H11NaO4. The first-order valence-corrected chi connectivity index (χ1v) is 3.53. The number of carboxylic acids is 2. The quantitative estimate of drug-likeness (QED) is 0.355. The van der Waals surface area contributed by atoms with Crippen LogP contribution in [0.25, 0.3) is 0 Å². The Morgan fingerprint density at radius 3 is 2.25 bits per heavy atom. The molecule has 0 amide bonds. The van der Waals surface area contributed by atoms with Crippen LogP contribution in [0.2, 0.25) is 0 Å². The Hall–Kier alpha value is -0.0600. The summed E-state index contributed by atoms with van der Waals surface area (Å²) in [5.74, 6) is -4.14. The molecule has 12 heavy (non-hydrogen) atoms. The maximum atomic E-state index is 10.2. The van der Waals surface area contributed by atoms with E-state index in [0.717, 1.165) is 6.42 Å². The Morgan fingerprint density at radius 2 is 2.00 bits per heavy atom. The van der Waals surface area contributed by atoms with Crippen molar-refractivity contribution >= 4 is 11.9 Å². The molecule has 5 heteroatoms. The van der Waals surface area contributed by atoms with Gasteiger partial charge in [-0.3, -0.25) is 4.79 Å². The van der Waals surface area contributed by atoms with Crippen LogP contribution in [-0.2, 0) is 9.59 Å². The number of hydrogen-bond acceptors (Lipinski definition) is 3. The van der Waals surface area contributed by atoms with Crippen LogP contribution in [-0.4, -0.2) is 17.0 Å². The second-order valence-electron chi connectivity index (χ2n) is 2.35. The molecule has 4 nitrogen and oxygen atoms in total. The van der Waals surface area contributed by atoms with Gasteiger partial charge in [0.1, 0.15) is 0 Å². The Kier molecular flexibility index (Phi) is 9.14. The Bertz CT molecular complexity index is 143. The Labute approximate surface area is 93.3 Å². The van der Waals surface area contributed by atoms with Crippen LogP contribution >= 0.6 is 0 Å². The van der Waals surface area contributed by atoms with Crippen molar-refractivity contribution in [3.8, 4) is 0 Å². The van der Waals surface area contributed by atoms with Crippen molar-refractivity contribution in [1.82, 2.24) is 0 Å². The van der Waals surface area contributed by atoms with Gasteiger partial charge in [0.25, 0.3) is 0 Å². The summed E-state index contributed by atoms with van der Waals surface area (Å²) in [6.45, 7) is 1.87. The number of aliphatic carboxylic acids is 2. The van der Waals surface area contributed by atoms with E-state index < -0.39 is 17.9 Å². The molecule has 0 aromatic rings. The Balaban J connectivity index is 0. The van der Waals surface area contributed by atoms with Gasteiger partial charge in [-0.1, -0.05) is 19.8 Å². The van der Waals surface area contributed by atoms with Gasteiger partial charge in [0.2, 0.25) is 0 Å². The molecule has 0 fully saturated rings. The SMILES string of the molecule is CCCCC(C(=O)[O-])C(=O)O.[Na+]. The zero-order valence-corrected chi connectivity index (χ0v) is 9.37. The smallest absolute Gasteiger partial charge is 0.549 e. The second-order valence-corrected chi connectivity index (χ2v) is 2.35. The molecule has 0 aromatic carbocycles. The van der Waals surface area contributed by atoms with Crippen molar-refractivity contribution in [1.29, 1.82) is 0 Å². The molecule has 0 heterocycles. The molecule has 0 aliphatic rings. The van der Waals surface area contributed by atoms with E-state index in [-0.39, 0.29) is 36.0 Å². The fraction of sp³-hybridized carbons (Fsp3) is 0.714. The minimum absolute atomic E-state index is 0. The molecule has 0 aliphatic carbocycles. The molecule has 0 saturated carbocycles. The third-order valence-electron chi connectivity index (χ3n) is 1.43. The standard InChI is InChI=1S/C7H12O4.Na/c1-2-3-4-5(6(8)9)7(10)11;/h5H,2-4H2,1H3,(H,8,9)(H,10,11);/q;+1/p-1. The third-order valence-corrected chi connectivity index (χ3v) is 1.43. The molecule has 0 aliphatic heterocycles. The average Bonchev–Trinajstić information content (AvgIpc) is 1.87. The van der Waals surface area contributed by atoms with Crippen LogP contribution in [0, 0.1) is 5.92 Å². The second kappa shape index (κ2) is 7.58. The van der Waals surface area contributed by atoms with Crippen molar-refractivity contribution < 1.29 is 49.4 Å². The van der Waals surface area contributed by atoms with Crippen LogP contribution in [0.4, 0.5) is 0 Å². The number of hydrogen-bond donors (Lipinski definition) is 1. The molecule has 0 aromatic heterocycles. The number of carbonyl (C=O) groups is 2. The van der Waals surface area contributed by atoms with Gasteiger partial charge in [0.15, 0.2) is 0 Å². The average molecular weight is 182 g/mol. The summed E-state index contributed by atoms with van der Waals surface area (Å²) in [5, 5.41) is 18.5. The van der Waals surface area contributed by atoms with Crippen LogP contribution < -0.4 is 34.7 Å². The number of rotatable bonds is 5. The van der Waals surface area contributed by atoms with E-state index >= 15 is 0 Å². The van der Waals surface area contributed by atoms with Gasteiger partial charge in [-0.15, -0.1) is 0 Å². The maximum Gasteiger partial charge on any atom is 1.00 e. The summed E-state index contributed by atoms with van der Waals surface area (Å²) in [7, 11) is 0. The van der Waals surface area contributed by atoms with E-state index in [4.69, 9.17) is 5.11 Å². The van der Waals surface area contributed by atoms with E-state index in [2.05, 4.69) is 0 Å². The van der Waals surface area contributed by atoms with Gasteiger partial charge < -0.3 is 15.0 Å². The number of carbonyl (C=O) groups excluding carboxylic acids is 1. The molecule has 0 rings (SSSR count). The minimum atomic E-state index is -1.49. The van der Waals surface area contributed by atoms with Crippen molar-refractivity contribution in [3.63, 3.8) is 0 Å². The van der Waals surface area contributed by atoms with E-state index in [9.17, 15) is 14.7 Å². The number of unbranched alkanes of at least 4 members (excludes halogenated alkanes) is 1. The summed E-state index contributed by atoms with van der Waals surface area (Å²) in [6, 6.07) is 0. The fourth-order valence-electron chi connectivity index (χ4n) is 0.750. The van der Waals surface area contributed by atoms with Crippen LogP contribution in [0.1, 0.15) is 26.2 Å². The molecule has 0 saturated heterocycles. The van der Waals surface area contributed by atoms with Gasteiger partial charge >= 0.3 is 35.5 Å². The van der Waals surface area contributed by atoms with Crippen molar-refractivity contribution in [2.24, 2.45) is 5.92 Å². The largest absolute Gasteiger partial charge is 1.00 e. The number of carboxylic acid groups (broad SMARTS) is 2. The predicted molar refractivity (Wildman–Crippen MR) is 35.7 cm³/mol. The van der Waals surface area contributed by atoms with E-state index in [0.29, 0.717) is 6.42 Å².